The first-order chi connectivity index (χ1) is 18.9. The number of hydrogen-bond acceptors (Lipinski definition) is 8. The first-order valence-corrected chi connectivity index (χ1v) is 12.8. The van der Waals surface area contributed by atoms with Gasteiger partial charge in [-0.1, -0.05) is 66.7 Å². The van der Waals surface area contributed by atoms with Gasteiger partial charge >= 0.3 is 24.1 Å². The lowest BCUT2D eigenvalue weighted by Crippen LogP contribution is -2.49. The quantitative estimate of drug-likeness (QED) is 0.290. The minimum absolute atomic E-state index is 0.0479. The minimum atomic E-state index is -1.11. The van der Waals surface area contributed by atoms with Gasteiger partial charge < -0.3 is 24.3 Å². The van der Waals surface area contributed by atoms with Crippen molar-refractivity contribution in [3.05, 3.63) is 84.4 Å². The molecular formula is C30H36N2O8. The maximum Gasteiger partial charge on any atom is 0.411 e. The largest absolute Gasteiger partial charge is 0.469 e. The molecule has 2 saturated heterocycles. The summed E-state index contributed by atoms with van der Waals surface area (Å²) in [7, 11) is 1.27. The summed E-state index contributed by atoms with van der Waals surface area (Å²) in [4.78, 5) is 48.9. The summed E-state index contributed by atoms with van der Waals surface area (Å²) in [6.45, 7) is 8.94. The fourth-order valence-electron chi connectivity index (χ4n) is 4.62. The lowest BCUT2D eigenvalue weighted by molar-refractivity contribution is -0.157. The van der Waals surface area contributed by atoms with Gasteiger partial charge in [-0.3, -0.25) is 14.5 Å². The molecule has 2 amide bonds. The zero-order chi connectivity index (χ0) is 29.4. The second-order valence-corrected chi connectivity index (χ2v) is 10.5. The normalized spacial score (nSPS) is 21.8. The third-order valence-electron chi connectivity index (χ3n) is 6.46. The number of hydrogen-bond donors (Lipinski definition) is 1. The molecule has 1 N–H and O–H groups in total. The fraction of sp³-hybridized carbons (Fsp3) is 0.400. The Morgan fingerprint density at radius 3 is 2.08 bits per heavy atom. The van der Waals surface area contributed by atoms with Crippen LogP contribution in [0.1, 0.15) is 44.7 Å². The van der Waals surface area contributed by atoms with Gasteiger partial charge in [0.05, 0.1) is 13.5 Å². The summed E-state index contributed by atoms with van der Waals surface area (Å²) in [6, 6.07) is 18.8. The van der Waals surface area contributed by atoms with Crippen molar-refractivity contribution in [2.24, 2.45) is 0 Å². The summed E-state index contributed by atoms with van der Waals surface area (Å²) >= 11 is 0. The van der Waals surface area contributed by atoms with Gasteiger partial charge in [0.2, 0.25) is 0 Å². The molecule has 2 fully saturated rings. The molecule has 0 spiro atoms. The van der Waals surface area contributed by atoms with E-state index in [1.807, 2.05) is 36.4 Å². The van der Waals surface area contributed by atoms with Crippen molar-refractivity contribution in [1.29, 1.82) is 0 Å². The van der Waals surface area contributed by atoms with Crippen LogP contribution >= 0.6 is 0 Å². The predicted octanol–water partition coefficient (Wildman–Crippen LogP) is 4.44. The molecule has 10 nitrogen and oxygen atoms in total. The van der Waals surface area contributed by atoms with Crippen LogP contribution in [-0.2, 0) is 39.6 Å². The Bertz CT molecular complexity index is 1210. The molecule has 2 aliphatic heterocycles. The number of carbonyl (C=O) groups excluding carboxylic acids is 4. The first kappa shape index (κ1) is 30.2. The third kappa shape index (κ3) is 7.19. The van der Waals surface area contributed by atoms with Gasteiger partial charge in [0, 0.05) is 0 Å². The van der Waals surface area contributed by atoms with Crippen LogP contribution in [0.2, 0.25) is 0 Å². The van der Waals surface area contributed by atoms with Crippen molar-refractivity contribution in [2.75, 3.05) is 26.9 Å². The smallest absolute Gasteiger partial charge is 0.411 e. The van der Waals surface area contributed by atoms with Gasteiger partial charge in [-0.05, 0) is 38.3 Å². The molecule has 0 saturated carbocycles. The molecule has 0 aromatic heterocycles. The van der Waals surface area contributed by atoms with Crippen LogP contribution in [0.5, 0.6) is 0 Å². The SMILES string of the molecule is C=CCC1(c2ccccc2)COC(=O)N1.COC(=O)CC1(c2ccccc2)COC(=O)N1CC(=O)OC(C)(C)C. The van der Waals surface area contributed by atoms with E-state index in [0.717, 1.165) is 5.56 Å². The minimum Gasteiger partial charge on any atom is -0.469 e. The zero-order valence-electron chi connectivity index (χ0n) is 23.3. The Morgan fingerprint density at radius 1 is 0.975 bits per heavy atom. The van der Waals surface area contributed by atoms with E-state index in [1.54, 1.807) is 51.1 Å². The van der Waals surface area contributed by atoms with Crippen LogP contribution in [0.25, 0.3) is 0 Å². The lowest BCUT2D eigenvalue weighted by Gasteiger charge is -2.35. The molecule has 2 aromatic carbocycles. The van der Waals surface area contributed by atoms with Crippen LogP contribution in [0.3, 0.4) is 0 Å². The summed E-state index contributed by atoms with van der Waals surface area (Å²) in [5.74, 6) is -1.08. The van der Waals surface area contributed by atoms with Crippen LogP contribution < -0.4 is 5.32 Å². The van der Waals surface area contributed by atoms with E-state index in [-0.39, 0.29) is 25.7 Å². The molecule has 2 heterocycles. The number of amides is 2. The number of nitrogens with zero attached hydrogens (tertiary/aromatic N) is 1. The number of methoxy groups -OCH3 is 1. The number of ether oxygens (including phenoxy) is 4. The lowest BCUT2D eigenvalue weighted by atomic mass is 9.86. The van der Waals surface area contributed by atoms with Gasteiger partial charge in [0.25, 0.3) is 0 Å². The first-order valence-electron chi connectivity index (χ1n) is 12.8. The third-order valence-corrected chi connectivity index (χ3v) is 6.46. The van der Waals surface area contributed by atoms with Crippen molar-refractivity contribution < 1.29 is 38.1 Å². The Hall–Kier alpha value is -4.34. The van der Waals surface area contributed by atoms with Crippen LogP contribution in [0.15, 0.2) is 73.3 Å². The number of cyclic esters (lactones) is 2. The second-order valence-electron chi connectivity index (χ2n) is 10.5. The highest BCUT2D eigenvalue weighted by Crippen LogP contribution is 2.38. The summed E-state index contributed by atoms with van der Waals surface area (Å²) in [6.07, 6.45) is 1.31. The highest BCUT2D eigenvalue weighted by Gasteiger charge is 2.51. The van der Waals surface area contributed by atoms with Gasteiger partial charge in [-0.15, -0.1) is 6.58 Å². The predicted molar refractivity (Wildman–Crippen MR) is 146 cm³/mol. The molecule has 0 bridgehead atoms. The topological polar surface area (TPSA) is 120 Å². The van der Waals surface area contributed by atoms with E-state index in [4.69, 9.17) is 18.9 Å². The van der Waals surface area contributed by atoms with Crippen molar-refractivity contribution in [3.63, 3.8) is 0 Å². The van der Waals surface area contributed by atoms with Crippen LogP contribution in [-0.4, -0.2) is 61.5 Å². The van der Waals surface area contributed by atoms with E-state index in [1.165, 1.54) is 12.0 Å². The average Bonchev–Trinajstić information content (AvgIpc) is 3.45. The number of nitrogens with one attached hydrogen (secondary N) is 1. The van der Waals surface area contributed by atoms with E-state index < -0.39 is 34.7 Å². The highest BCUT2D eigenvalue weighted by atomic mass is 16.6. The maximum absolute atomic E-state index is 12.3. The Morgan fingerprint density at radius 2 is 1.57 bits per heavy atom. The Balaban J connectivity index is 0.000000249. The summed E-state index contributed by atoms with van der Waals surface area (Å²) < 4.78 is 20.2. The van der Waals surface area contributed by atoms with E-state index in [9.17, 15) is 19.2 Å². The summed E-state index contributed by atoms with van der Waals surface area (Å²) in [5, 5.41) is 2.85. The monoisotopic (exact) mass is 552 g/mol. The molecule has 10 heteroatoms. The maximum atomic E-state index is 12.3. The number of carbonyl (C=O) groups is 4. The molecule has 214 valence electrons. The van der Waals surface area contributed by atoms with Gasteiger partial charge in [-0.2, -0.15) is 0 Å². The van der Waals surface area contributed by atoms with Crippen molar-refractivity contribution in [3.8, 4) is 0 Å². The van der Waals surface area contributed by atoms with Gasteiger partial charge in [0.15, 0.2) is 0 Å². The second kappa shape index (κ2) is 12.7. The van der Waals surface area contributed by atoms with Crippen LogP contribution in [0, 0.1) is 0 Å². The number of esters is 2. The van der Waals surface area contributed by atoms with Crippen molar-refractivity contribution >= 4 is 24.1 Å². The molecule has 2 aliphatic rings. The van der Waals surface area contributed by atoms with E-state index >= 15 is 0 Å². The molecular weight excluding hydrogens is 516 g/mol. The molecule has 2 unspecified atom stereocenters. The van der Waals surface area contributed by atoms with Gasteiger partial charge in [0.1, 0.15) is 36.4 Å². The molecule has 2 atom stereocenters. The molecule has 40 heavy (non-hydrogen) atoms. The van der Waals surface area contributed by atoms with Crippen molar-refractivity contribution in [2.45, 2.75) is 50.3 Å². The molecule has 0 aliphatic carbocycles. The van der Waals surface area contributed by atoms with Crippen molar-refractivity contribution in [1.82, 2.24) is 10.2 Å². The fourth-order valence-corrected chi connectivity index (χ4v) is 4.62. The Labute approximate surface area is 234 Å². The highest BCUT2D eigenvalue weighted by molar-refractivity contribution is 5.82. The number of rotatable bonds is 8. The van der Waals surface area contributed by atoms with Gasteiger partial charge in [-0.25, -0.2) is 9.59 Å². The number of benzene rings is 2. The molecule has 0 radical (unpaired) electrons. The van der Waals surface area contributed by atoms with Crippen LogP contribution in [0.4, 0.5) is 9.59 Å². The molecule has 2 aromatic rings. The van der Waals surface area contributed by atoms with E-state index in [2.05, 4.69) is 11.9 Å². The molecule has 4 rings (SSSR count). The Kier molecular flexibility index (Phi) is 9.57. The average molecular weight is 553 g/mol. The zero-order valence-corrected chi connectivity index (χ0v) is 23.3. The van der Waals surface area contributed by atoms with E-state index in [0.29, 0.717) is 18.6 Å². The standard InChI is InChI=1S/C18H23NO6.C12H13NO2/c1-17(2,3)25-15(21)11-19-16(22)24-12-18(19,10-14(20)23-4)13-8-6-5-7-9-13;1-2-8-12(9-15-11(14)13-12)10-6-4-3-5-7-10/h5-9H,10-12H2,1-4H3;2-7H,1,8-9H2,(H,13,14). The summed E-state index contributed by atoms with van der Waals surface area (Å²) in [5.41, 5.74) is -0.480. The number of alkyl carbamates (subject to hydrolysis) is 1.